The van der Waals surface area contributed by atoms with Crippen LogP contribution in [0.15, 0.2) is 60.7 Å². The molecule has 3 aromatic carbocycles. The molecule has 0 radical (unpaired) electrons. The maximum Gasteiger partial charge on any atom is 0.255 e. The van der Waals surface area contributed by atoms with Gasteiger partial charge in [-0.15, -0.1) is 0 Å². The first kappa shape index (κ1) is 24.2. The lowest BCUT2D eigenvalue weighted by molar-refractivity contribution is -0.115. The minimum Gasteiger partial charge on any atom is -0.326 e. The van der Waals surface area contributed by atoms with Crippen LogP contribution in [0.5, 0.6) is 0 Å². The van der Waals surface area contributed by atoms with E-state index >= 15 is 0 Å². The molecule has 8 nitrogen and oxygen atoms in total. The number of hydrogen-bond acceptors (Lipinski definition) is 4. The zero-order chi connectivity index (χ0) is 24.8. The van der Waals surface area contributed by atoms with Gasteiger partial charge < -0.3 is 21.3 Å². The molecule has 8 heteroatoms. The van der Waals surface area contributed by atoms with Gasteiger partial charge in [-0.1, -0.05) is 12.1 Å². The molecule has 0 heterocycles. The van der Waals surface area contributed by atoms with Crippen molar-refractivity contribution in [2.75, 3.05) is 21.3 Å². The van der Waals surface area contributed by atoms with Crippen molar-refractivity contribution in [1.29, 1.82) is 0 Å². The highest BCUT2D eigenvalue weighted by Gasteiger charge is 2.12. The molecule has 0 aliphatic carbocycles. The van der Waals surface area contributed by atoms with E-state index in [-0.39, 0.29) is 23.6 Å². The third-order valence-electron chi connectivity index (χ3n) is 5.02. The Balaban J connectivity index is 1.68. The number of carbonyl (C=O) groups excluding carboxylic acids is 4. The molecule has 34 heavy (non-hydrogen) atoms. The topological polar surface area (TPSA) is 116 Å². The van der Waals surface area contributed by atoms with Gasteiger partial charge in [0, 0.05) is 47.7 Å². The highest BCUT2D eigenvalue weighted by molar-refractivity contribution is 6.07. The Morgan fingerprint density at radius 2 is 0.882 bits per heavy atom. The molecule has 0 saturated carbocycles. The molecule has 0 saturated heterocycles. The third-order valence-corrected chi connectivity index (χ3v) is 5.02. The molecule has 0 unspecified atom stereocenters. The molecular formula is C26H26N4O4. The molecule has 0 atom stereocenters. The summed E-state index contributed by atoms with van der Waals surface area (Å²) in [6.45, 7) is 6.56. The van der Waals surface area contributed by atoms with Crippen molar-refractivity contribution in [3.05, 3.63) is 82.9 Å². The number of rotatable bonds is 6. The molecule has 0 aromatic heterocycles. The number of hydrogen-bond donors (Lipinski definition) is 4. The Bertz CT molecular complexity index is 1170. The van der Waals surface area contributed by atoms with Crippen LogP contribution in [0.4, 0.5) is 22.7 Å². The Kier molecular flexibility index (Phi) is 7.43. The summed E-state index contributed by atoms with van der Waals surface area (Å²) in [6, 6.07) is 16.7. The first-order chi connectivity index (χ1) is 16.1. The van der Waals surface area contributed by atoms with Gasteiger partial charge in [-0.05, 0) is 73.5 Å². The average Bonchev–Trinajstić information content (AvgIpc) is 2.77. The molecule has 0 bridgehead atoms. The first-order valence-corrected chi connectivity index (χ1v) is 10.6. The lowest BCUT2D eigenvalue weighted by Gasteiger charge is -2.12. The average molecular weight is 459 g/mol. The van der Waals surface area contributed by atoms with Crippen LogP contribution < -0.4 is 21.3 Å². The maximum atomic E-state index is 12.6. The monoisotopic (exact) mass is 458 g/mol. The summed E-state index contributed by atoms with van der Waals surface area (Å²) in [5.74, 6) is -1.08. The molecule has 0 aliphatic rings. The van der Waals surface area contributed by atoms with Crippen molar-refractivity contribution in [3.63, 3.8) is 0 Å². The normalized spacial score (nSPS) is 10.2. The van der Waals surface area contributed by atoms with E-state index in [2.05, 4.69) is 21.3 Å². The van der Waals surface area contributed by atoms with Gasteiger partial charge in [-0.25, -0.2) is 0 Å². The van der Waals surface area contributed by atoms with Crippen molar-refractivity contribution in [2.45, 2.75) is 27.7 Å². The molecule has 0 spiro atoms. The summed E-state index contributed by atoms with van der Waals surface area (Å²) in [5.41, 5.74) is 4.82. The molecule has 0 aliphatic heterocycles. The summed E-state index contributed by atoms with van der Waals surface area (Å²) < 4.78 is 0. The second kappa shape index (κ2) is 10.4. The quantitative estimate of drug-likeness (QED) is 0.427. The van der Waals surface area contributed by atoms with Crippen molar-refractivity contribution in [1.82, 2.24) is 0 Å². The van der Waals surface area contributed by atoms with Crippen molar-refractivity contribution in [3.8, 4) is 0 Å². The molecule has 4 N–H and O–H groups in total. The highest BCUT2D eigenvalue weighted by Crippen LogP contribution is 2.22. The number of benzene rings is 3. The molecule has 3 rings (SSSR count). The zero-order valence-electron chi connectivity index (χ0n) is 19.4. The van der Waals surface area contributed by atoms with E-state index in [9.17, 15) is 19.2 Å². The summed E-state index contributed by atoms with van der Waals surface area (Å²) in [5, 5.41) is 11.0. The van der Waals surface area contributed by atoms with Crippen LogP contribution in [0.3, 0.4) is 0 Å². The number of anilines is 4. The molecule has 3 aromatic rings. The van der Waals surface area contributed by atoms with Gasteiger partial charge in [0.2, 0.25) is 11.8 Å². The molecule has 0 fully saturated rings. The van der Waals surface area contributed by atoms with Crippen LogP contribution in [0.25, 0.3) is 0 Å². The Hall–Kier alpha value is -4.46. The van der Waals surface area contributed by atoms with Gasteiger partial charge in [-0.2, -0.15) is 0 Å². The first-order valence-electron chi connectivity index (χ1n) is 10.6. The largest absolute Gasteiger partial charge is 0.326 e. The van der Waals surface area contributed by atoms with Crippen molar-refractivity contribution >= 4 is 46.4 Å². The second-order valence-corrected chi connectivity index (χ2v) is 7.91. The summed E-state index contributed by atoms with van der Waals surface area (Å²) in [4.78, 5) is 48.0. The number of aryl methyl sites for hydroxylation is 2. The van der Waals surface area contributed by atoms with E-state index in [1.807, 2.05) is 13.8 Å². The van der Waals surface area contributed by atoms with Crippen LogP contribution in [-0.4, -0.2) is 23.6 Å². The lowest BCUT2D eigenvalue weighted by Crippen LogP contribution is -2.15. The van der Waals surface area contributed by atoms with Gasteiger partial charge in [0.25, 0.3) is 11.8 Å². The van der Waals surface area contributed by atoms with Crippen LogP contribution in [0.1, 0.15) is 45.7 Å². The zero-order valence-corrected chi connectivity index (χ0v) is 19.4. The summed E-state index contributed by atoms with van der Waals surface area (Å²) >= 11 is 0. The van der Waals surface area contributed by atoms with Crippen LogP contribution in [0, 0.1) is 13.8 Å². The van der Waals surface area contributed by atoms with E-state index in [1.54, 1.807) is 60.7 Å². The summed E-state index contributed by atoms with van der Waals surface area (Å²) in [7, 11) is 0. The van der Waals surface area contributed by atoms with E-state index < -0.39 is 0 Å². The smallest absolute Gasteiger partial charge is 0.255 e. The minimum absolute atomic E-state index is 0.197. The van der Waals surface area contributed by atoms with E-state index in [4.69, 9.17) is 0 Å². The fourth-order valence-electron chi connectivity index (χ4n) is 3.23. The number of nitrogens with one attached hydrogen (secondary N) is 4. The minimum atomic E-state index is -0.344. The van der Waals surface area contributed by atoms with Gasteiger partial charge in [0.15, 0.2) is 0 Å². The fourth-order valence-corrected chi connectivity index (χ4v) is 3.23. The van der Waals surface area contributed by atoms with Gasteiger partial charge in [-0.3, -0.25) is 19.2 Å². The van der Waals surface area contributed by atoms with E-state index in [0.29, 0.717) is 33.9 Å². The predicted molar refractivity (Wildman–Crippen MR) is 133 cm³/mol. The standard InChI is InChI=1S/C26H26N4O4/c1-15-5-11-21(13-23(15)27-17(3)31)29-25(33)19-7-9-20(10-8-19)26(34)30-22-12-6-16(2)24(14-22)28-18(4)32/h5-14H,1-4H3,(H,27,31)(H,28,32)(H,29,33)(H,30,34). The number of carbonyl (C=O) groups is 4. The Morgan fingerprint density at radius 3 is 1.21 bits per heavy atom. The van der Waals surface area contributed by atoms with Crippen LogP contribution in [0.2, 0.25) is 0 Å². The van der Waals surface area contributed by atoms with Gasteiger partial charge in [0.05, 0.1) is 0 Å². The van der Waals surface area contributed by atoms with Crippen LogP contribution in [-0.2, 0) is 9.59 Å². The SMILES string of the molecule is CC(=O)Nc1cc(NC(=O)c2ccc(C(=O)Nc3ccc(C)c(NC(C)=O)c3)cc2)ccc1C. The number of amides is 4. The van der Waals surface area contributed by atoms with E-state index in [0.717, 1.165) is 11.1 Å². The molecule has 174 valence electrons. The third kappa shape index (κ3) is 6.29. The molecular weight excluding hydrogens is 432 g/mol. The van der Waals surface area contributed by atoms with E-state index in [1.165, 1.54) is 13.8 Å². The predicted octanol–water partition coefficient (Wildman–Crippen LogP) is 4.72. The lowest BCUT2D eigenvalue weighted by atomic mass is 10.1. The maximum absolute atomic E-state index is 12.6. The second-order valence-electron chi connectivity index (χ2n) is 7.91. The Labute approximate surface area is 197 Å². The fraction of sp³-hybridized carbons (Fsp3) is 0.154. The summed E-state index contributed by atoms with van der Waals surface area (Å²) in [6.07, 6.45) is 0. The van der Waals surface area contributed by atoms with Crippen LogP contribution >= 0.6 is 0 Å². The molecule has 4 amide bonds. The van der Waals surface area contributed by atoms with Crippen molar-refractivity contribution < 1.29 is 19.2 Å². The van der Waals surface area contributed by atoms with Gasteiger partial charge in [0.1, 0.15) is 0 Å². The Morgan fingerprint density at radius 1 is 0.529 bits per heavy atom. The highest BCUT2D eigenvalue weighted by atomic mass is 16.2. The van der Waals surface area contributed by atoms with Crippen molar-refractivity contribution in [2.24, 2.45) is 0 Å². The van der Waals surface area contributed by atoms with Gasteiger partial charge >= 0.3 is 0 Å².